The summed E-state index contributed by atoms with van der Waals surface area (Å²) in [6.07, 6.45) is 2.20. The number of hydrogen-bond donors (Lipinski definition) is 1. The normalized spacial score (nSPS) is 16.2. The lowest BCUT2D eigenvalue weighted by molar-refractivity contribution is -0.113. The summed E-state index contributed by atoms with van der Waals surface area (Å²) in [7, 11) is 0. The first-order valence-corrected chi connectivity index (χ1v) is 10.6. The number of carbonyl (C=O) groups is 1. The zero-order valence-corrected chi connectivity index (χ0v) is 17.8. The largest absolute Gasteiger partial charge is 0.376 e. The average Bonchev–Trinajstić information content (AvgIpc) is 3.26. The Labute approximate surface area is 171 Å². The van der Waals surface area contributed by atoms with Gasteiger partial charge in [0, 0.05) is 17.2 Å². The summed E-state index contributed by atoms with van der Waals surface area (Å²) in [6, 6.07) is 8.47. The van der Waals surface area contributed by atoms with Gasteiger partial charge in [-0.15, -0.1) is 11.8 Å². The van der Waals surface area contributed by atoms with E-state index in [9.17, 15) is 10.1 Å². The highest BCUT2D eigenvalue weighted by Crippen LogP contribution is 2.29. The quantitative estimate of drug-likeness (QED) is 0.729. The standard InChI is InChI=1S/C22H27N3O2S/c1-14-7-8-19(10-15(14)2)28-13-21(26)24-22-20(11-23)16(3)17(4)25(22)12-18-6-5-9-27-18/h7-8,10,18H,5-6,9,12-13H2,1-4H3,(H,24,26). The molecule has 1 amide bonds. The van der Waals surface area contributed by atoms with Crippen molar-refractivity contribution in [3.05, 3.63) is 46.1 Å². The highest BCUT2D eigenvalue weighted by Gasteiger charge is 2.24. The third-order valence-corrected chi connectivity index (χ3v) is 6.45. The van der Waals surface area contributed by atoms with Gasteiger partial charge in [0.1, 0.15) is 11.9 Å². The molecule has 1 aliphatic rings. The first-order chi connectivity index (χ1) is 13.4. The number of ether oxygens (including phenoxy) is 1. The molecule has 1 unspecified atom stereocenters. The first-order valence-electron chi connectivity index (χ1n) is 9.62. The molecule has 1 fully saturated rings. The van der Waals surface area contributed by atoms with Crippen molar-refractivity contribution in [2.24, 2.45) is 0 Å². The fourth-order valence-electron chi connectivity index (χ4n) is 3.47. The summed E-state index contributed by atoms with van der Waals surface area (Å²) < 4.78 is 7.79. The van der Waals surface area contributed by atoms with E-state index in [2.05, 4.69) is 37.4 Å². The number of nitrogens with zero attached hydrogens (tertiary/aromatic N) is 2. The summed E-state index contributed by atoms with van der Waals surface area (Å²) in [5.41, 5.74) is 4.92. The minimum Gasteiger partial charge on any atom is -0.376 e. The fraction of sp³-hybridized carbons (Fsp3) is 0.455. The number of rotatable bonds is 6. The minimum absolute atomic E-state index is 0.106. The van der Waals surface area contributed by atoms with E-state index in [4.69, 9.17) is 4.74 Å². The number of amides is 1. The van der Waals surface area contributed by atoms with Crippen LogP contribution in [-0.2, 0) is 16.1 Å². The zero-order valence-electron chi connectivity index (χ0n) is 17.0. The first kappa shape index (κ1) is 20.5. The van der Waals surface area contributed by atoms with Gasteiger partial charge >= 0.3 is 0 Å². The monoisotopic (exact) mass is 397 g/mol. The Hall–Kier alpha value is -2.23. The van der Waals surface area contributed by atoms with Crippen molar-refractivity contribution in [2.75, 3.05) is 17.7 Å². The van der Waals surface area contributed by atoms with E-state index in [1.807, 2.05) is 24.5 Å². The summed E-state index contributed by atoms with van der Waals surface area (Å²) in [4.78, 5) is 13.7. The van der Waals surface area contributed by atoms with E-state index >= 15 is 0 Å². The van der Waals surface area contributed by atoms with Gasteiger partial charge in [-0.2, -0.15) is 5.26 Å². The molecule has 1 aromatic heterocycles. The van der Waals surface area contributed by atoms with Crippen molar-refractivity contribution in [1.82, 2.24) is 4.57 Å². The predicted molar refractivity (Wildman–Crippen MR) is 113 cm³/mol. The molecule has 0 aliphatic carbocycles. The summed E-state index contributed by atoms with van der Waals surface area (Å²) >= 11 is 1.50. The fourth-order valence-corrected chi connectivity index (χ4v) is 4.27. The van der Waals surface area contributed by atoms with Crippen LogP contribution in [-0.4, -0.2) is 28.9 Å². The minimum atomic E-state index is -0.106. The summed E-state index contributed by atoms with van der Waals surface area (Å²) in [5, 5.41) is 12.6. The van der Waals surface area contributed by atoms with Crippen LogP contribution in [0.5, 0.6) is 0 Å². The lowest BCUT2D eigenvalue weighted by atomic mass is 10.1. The van der Waals surface area contributed by atoms with Crippen molar-refractivity contribution in [3.8, 4) is 6.07 Å². The Kier molecular flexibility index (Phi) is 6.48. The van der Waals surface area contributed by atoms with Gasteiger partial charge in [0.2, 0.25) is 5.91 Å². The van der Waals surface area contributed by atoms with Crippen LogP contribution >= 0.6 is 11.8 Å². The smallest absolute Gasteiger partial charge is 0.235 e. The van der Waals surface area contributed by atoms with Gasteiger partial charge in [-0.1, -0.05) is 6.07 Å². The number of aromatic nitrogens is 1. The van der Waals surface area contributed by atoms with Gasteiger partial charge < -0.3 is 14.6 Å². The van der Waals surface area contributed by atoms with E-state index in [1.54, 1.807) is 0 Å². The highest BCUT2D eigenvalue weighted by atomic mass is 32.2. The van der Waals surface area contributed by atoms with Crippen LogP contribution in [0.3, 0.4) is 0 Å². The van der Waals surface area contributed by atoms with Crippen LogP contribution in [0.25, 0.3) is 0 Å². The molecule has 1 saturated heterocycles. The summed E-state index contributed by atoms with van der Waals surface area (Å²) in [6.45, 7) is 9.51. The molecule has 0 saturated carbocycles. The van der Waals surface area contributed by atoms with Gasteiger partial charge in [0.05, 0.1) is 24.0 Å². The number of anilines is 1. The molecule has 1 aromatic carbocycles. The molecule has 2 aromatic rings. The topological polar surface area (TPSA) is 67.0 Å². The Balaban J connectivity index is 1.74. The molecule has 5 nitrogen and oxygen atoms in total. The number of carbonyl (C=O) groups excluding carboxylic acids is 1. The predicted octanol–water partition coefficient (Wildman–Crippen LogP) is 4.50. The van der Waals surface area contributed by atoms with E-state index in [0.29, 0.717) is 23.7 Å². The van der Waals surface area contributed by atoms with Crippen molar-refractivity contribution in [2.45, 2.75) is 58.1 Å². The molecule has 28 heavy (non-hydrogen) atoms. The van der Waals surface area contributed by atoms with Crippen LogP contribution in [0.1, 0.15) is 40.8 Å². The lowest BCUT2D eigenvalue weighted by Gasteiger charge is -2.17. The molecule has 148 valence electrons. The van der Waals surface area contributed by atoms with Crippen molar-refractivity contribution in [1.29, 1.82) is 5.26 Å². The third kappa shape index (κ3) is 4.43. The van der Waals surface area contributed by atoms with Gasteiger partial charge in [-0.3, -0.25) is 4.79 Å². The molecule has 1 atom stereocenters. The molecule has 3 rings (SSSR count). The number of nitriles is 1. The maximum Gasteiger partial charge on any atom is 0.235 e. The van der Waals surface area contributed by atoms with Crippen LogP contribution in [0.4, 0.5) is 5.82 Å². The molecule has 0 radical (unpaired) electrons. The van der Waals surface area contributed by atoms with Crippen LogP contribution in [0, 0.1) is 39.0 Å². The maximum absolute atomic E-state index is 12.6. The zero-order chi connectivity index (χ0) is 20.3. The molecule has 0 spiro atoms. The molecule has 2 heterocycles. The van der Waals surface area contributed by atoms with Gasteiger partial charge in [0.25, 0.3) is 0 Å². The van der Waals surface area contributed by atoms with Crippen LogP contribution in [0.2, 0.25) is 0 Å². The molecular formula is C22H27N3O2S. The number of nitrogens with one attached hydrogen (secondary N) is 1. The number of aryl methyl sites for hydroxylation is 2. The van der Waals surface area contributed by atoms with Crippen LogP contribution in [0.15, 0.2) is 23.1 Å². The number of benzene rings is 1. The van der Waals surface area contributed by atoms with Gasteiger partial charge in [-0.25, -0.2) is 0 Å². The SMILES string of the molecule is Cc1ccc(SCC(=O)Nc2c(C#N)c(C)c(C)n2CC2CCCO2)cc1C. The van der Waals surface area contributed by atoms with Crippen LogP contribution < -0.4 is 5.32 Å². The Bertz CT molecular complexity index is 921. The second kappa shape index (κ2) is 8.85. The van der Waals surface area contributed by atoms with Crippen molar-refractivity contribution in [3.63, 3.8) is 0 Å². The van der Waals surface area contributed by atoms with E-state index in [1.165, 1.54) is 22.9 Å². The Morgan fingerprint density at radius 3 is 2.75 bits per heavy atom. The maximum atomic E-state index is 12.6. The second-order valence-corrected chi connectivity index (χ2v) is 8.42. The van der Waals surface area contributed by atoms with Crippen molar-refractivity contribution < 1.29 is 9.53 Å². The van der Waals surface area contributed by atoms with E-state index < -0.39 is 0 Å². The average molecular weight is 398 g/mol. The summed E-state index contributed by atoms with van der Waals surface area (Å²) in [5.74, 6) is 0.792. The number of hydrogen-bond acceptors (Lipinski definition) is 4. The lowest BCUT2D eigenvalue weighted by Crippen LogP contribution is -2.22. The third-order valence-electron chi connectivity index (χ3n) is 5.46. The molecule has 1 N–H and O–H groups in total. The molecule has 0 bridgehead atoms. The number of thioether (sulfide) groups is 1. The second-order valence-electron chi connectivity index (χ2n) is 7.37. The molecule has 6 heteroatoms. The Morgan fingerprint density at radius 2 is 2.11 bits per heavy atom. The van der Waals surface area contributed by atoms with Gasteiger partial charge in [0.15, 0.2) is 0 Å². The van der Waals surface area contributed by atoms with Crippen molar-refractivity contribution >= 4 is 23.5 Å². The van der Waals surface area contributed by atoms with Gasteiger partial charge in [-0.05, 0) is 69.4 Å². The van der Waals surface area contributed by atoms with E-state index in [0.717, 1.165) is 35.6 Å². The molecular weight excluding hydrogens is 370 g/mol. The van der Waals surface area contributed by atoms with E-state index in [-0.39, 0.29) is 12.0 Å². The Morgan fingerprint density at radius 1 is 1.32 bits per heavy atom. The molecule has 1 aliphatic heterocycles. The highest BCUT2D eigenvalue weighted by molar-refractivity contribution is 8.00.